The minimum atomic E-state index is -0.478. The van der Waals surface area contributed by atoms with Crippen molar-refractivity contribution < 1.29 is 14.0 Å². The van der Waals surface area contributed by atoms with Crippen LogP contribution in [-0.4, -0.2) is 29.4 Å². The normalized spacial score (nSPS) is 23.9. The van der Waals surface area contributed by atoms with Gasteiger partial charge in [-0.05, 0) is 46.6 Å². The summed E-state index contributed by atoms with van der Waals surface area (Å²) in [7, 11) is -0.478. The van der Waals surface area contributed by atoms with Crippen molar-refractivity contribution in [2.75, 3.05) is 0 Å². The molecule has 1 saturated carbocycles. The van der Waals surface area contributed by atoms with E-state index in [4.69, 9.17) is 25.6 Å². The second kappa shape index (κ2) is 4.62. The average Bonchev–Trinajstić information content (AvgIpc) is 3.10. The van der Waals surface area contributed by atoms with Gasteiger partial charge >= 0.3 is 7.12 Å². The van der Waals surface area contributed by atoms with E-state index in [9.17, 15) is 0 Å². The first kappa shape index (κ1) is 14.2. The van der Waals surface area contributed by atoms with E-state index in [0.717, 1.165) is 18.3 Å². The number of pyridine rings is 1. The average molecular weight is 296 g/mol. The highest BCUT2D eigenvalue weighted by molar-refractivity contribution is 6.63. The smallest absolute Gasteiger partial charge is 0.488 e. The van der Waals surface area contributed by atoms with Gasteiger partial charge in [-0.15, -0.1) is 0 Å². The Morgan fingerprint density at radius 1 is 1.25 bits per heavy atom. The predicted molar refractivity (Wildman–Crippen MR) is 78.6 cm³/mol. The number of hydrogen-bond acceptors (Lipinski definition) is 4. The molecule has 6 heteroatoms. The first-order valence-corrected chi connectivity index (χ1v) is 7.35. The summed E-state index contributed by atoms with van der Waals surface area (Å²) in [6.45, 7) is 8.10. The Morgan fingerprint density at radius 2 is 1.85 bits per heavy atom. The van der Waals surface area contributed by atoms with Crippen LogP contribution in [0.25, 0.3) is 0 Å². The van der Waals surface area contributed by atoms with Crippen LogP contribution in [-0.2, 0) is 9.31 Å². The highest BCUT2D eigenvalue weighted by atomic mass is 35.5. The topological polar surface area (TPSA) is 40.6 Å². The van der Waals surface area contributed by atoms with E-state index < -0.39 is 7.12 Å². The zero-order valence-electron chi connectivity index (χ0n) is 12.3. The molecule has 2 fully saturated rings. The molecule has 1 aliphatic heterocycles. The second-order valence-electron chi connectivity index (χ2n) is 6.43. The zero-order valence-corrected chi connectivity index (χ0v) is 13.0. The molecule has 1 aliphatic carbocycles. The molecule has 1 saturated heterocycles. The molecular formula is C14H19BClNO3. The fourth-order valence-corrected chi connectivity index (χ4v) is 2.27. The van der Waals surface area contributed by atoms with Crippen molar-refractivity contribution in [3.63, 3.8) is 0 Å². The van der Waals surface area contributed by atoms with Crippen molar-refractivity contribution in [1.82, 2.24) is 4.98 Å². The Labute approximate surface area is 124 Å². The number of hydrogen-bond donors (Lipinski definition) is 0. The van der Waals surface area contributed by atoms with Gasteiger partial charge in [0.1, 0.15) is 0 Å². The molecule has 2 heterocycles. The van der Waals surface area contributed by atoms with Crippen molar-refractivity contribution in [3.05, 3.63) is 17.4 Å². The third kappa shape index (κ3) is 2.43. The minimum Gasteiger partial charge on any atom is -0.488 e. The van der Waals surface area contributed by atoms with Gasteiger partial charge in [-0.3, -0.25) is 0 Å². The molecule has 108 valence electrons. The van der Waals surface area contributed by atoms with Crippen molar-refractivity contribution in [3.8, 4) is 5.75 Å². The van der Waals surface area contributed by atoms with E-state index in [1.807, 2.05) is 33.8 Å². The number of nitrogens with zero attached hydrogens (tertiary/aromatic N) is 1. The van der Waals surface area contributed by atoms with Crippen LogP contribution in [0.5, 0.6) is 5.75 Å². The summed E-state index contributed by atoms with van der Waals surface area (Å²) in [5.41, 5.74) is 0.0460. The highest BCUT2D eigenvalue weighted by Gasteiger charge is 2.52. The van der Waals surface area contributed by atoms with Crippen LogP contribution in [0.1, 0.15) is 40.5 Å². The quantitative estimate of drug-likeness (QED) is 0.635. The maximum atomic E-state index is 6.17. The molecule has 0 N–H and O–H groups in total. The Balaban J connectivity index is 1.93. The molecule has 0 bridgehead atoms. The predicted octanol–water partition coefficient (Wildman–Crippen LogP) is 2.58. The fourth-order valence-electron chi connectivity index (χ4n) is 2.06. The standard InChI is InChI=1S/C14H19BClNO3/c1-13(2)14(3,4)20-15(19-13)10-7-8-17-12(16)11(10)18-9-5-6-9/h7-9H,5-6H2,1-4H3. The van der Waals surface area contributed by atoms with E-state index >= 15 is 0 Å². The zero-order chi connectivity index (χ0) is 14.5. The van der Waals surface area contributed by atoms with Crippen molar-refractivity contribution in [1.29, 1.82) is 0 Å². The lowest BCUT2D eigenvalue weighted by molar-refractivity contribution is 0.00578. The van der Waals surface area contributed by atoms with Crippen molar-refractivity contribution in [2.45, 2.75) is 57.8 Å². The van der Waals surface area contributed by atoms with E-state index in [1.165, 1.54) is 0 Å². The fraction of sp³-hybridized carbons (Fsp3) is 0.643. The minimum absolute atomic E-state index is 0.248. The third-order valence-corrected chi connectivity index (χ3v) is 4.48. The molecular weight excluding hydrogens is 276 g/mol. The van der Waals surface area contributed by atoms with Gasteiger partial charge in [-0.25, -0.2) is 4.98 Å². The monoisotopic (exact) mass is 295 g/mol. The summed E-state index contributed by atoms with van der Waals surface area (Å²) in [5.74, 6) is 0.593. The highest BCUT2D eigenvalue weighted by Crippen LogP contribution is 2.38. The molecule has 1 aromatic heterocycles. The van der Waals surface area contributed by atoms with Gasteiger partial charge < -0.3 is 14.0 Å². The molecule has 2 aliphatic rings. The maximum Gasteiger partial charge on any atom is 0.498 e. The summed E-state index contributed by atoms with van der Waals surface area (Å²) in [6.07, 6.45) is 4.03. The lowest BCUT2D eigenvalue weighted by atomic mass is 9.79. The van der Waals surface area contributed by atoms with E-state index in [1.54, 1.807) is 6.20 Å². The summed E-state index contributed by atoms with van der Waals surface area (Å²) < 4.78 is 18.0. The Morgan fingerprint density at radius 3 is 2.40 bits per heavy atom. The van der Waals surface area contributed by atoms with Gasteiger partial charge in [0.05, 0.1) is 17.3 Å². The molecule has 0 atom stereocenters. The Bertz CT molecular complexity index is 515. The molecule has 0 spiro atoms. The van der Waals surface area contributed by atoms with Crippen LogP contribution in [0, 0.1) is 0 Å². The molecule has 1 aromatic rings. The van der Waals surface area contributed by atoms with Gasteiger partial charge in [0.2, 0.25) is 0 Å². The summed E-state index contributed by atoms with van der Waals surface area (Å²) in [5, 5.41) is 0.365. The molecule has 0 aromatic carbocycles. The molecule has 0 amide bonds. The summed E-state index contributed by atoms with van der Waals surface area (Å²) in [4.78, 5) is 4.09. The third-order valence-electron chi connectivity index (χ3n) is 4.21. The lowest BCUT2D eigenvalue weighted by Crippen LogP contribution is -2.41. The van der Waals surface area contributed by atoms with Crippen LogP contribution in [0.15, 0.2) is 12.3 Å². The molecule has 0 unspecified atom stereocenters. The molecule has 0 radical (unpaired) electrons. The maximum absolute atomic E-state index is 6.17. The van der Waals surface area contributed by atoms with Crippen LogP contribution in [0.2, 0.25) is 5.15 Å². The number of aromatic nitrogens is 1. The van der Waals surface area contributed by atoms with Gasteiger partial charge in [-0.2, -0.15) is 0 Å². The van der Waals surface area contributed by atoms with Crippen LogP contribution < -0.4 is 10.2 Å². The first-order chi connectivity index (χ1) is 9.30. The van der Waals surface area contributed by atoms with E-state index in [-0.39, 0.29) is 17.3 Å². The number of halogens is 1. The Hall–Kier alpha value is -0.775. The SMILES string of the molecule is CC1(C)OB(c2ccnc(Cl)c2OC2CC2)OC1(C)C. The van der Waals surface area contributed by atoms with Gasteiger partial charge in [0, 0.05) is 11.7 Å². The number of rotatable bonds is 3. The Kier molecular flexibility index (Phi) is 3.27. The van der Waals surface area contributed by atoms with E-state index in [2.05, 4.69) is 4.98 Å². The molecule has 20 heavy (non-hydrogen) atoms. The largest absolute Gasteiger partial charge is 0.498 e. The second-order valence-corrected chi connectivity index (χ2v) is 6.78. The molecule has 3 rings (SSSR count). The van der Waals surface area contributed by atoms with Crippen LogP contribution in [0.4, 0.5) is 0 Å². The van der Waals surface area contributed by atoms with Crippen molar-refractivity contribution >= 4 is 24.2 Å². The summed E-state index contributed by atoms with van der Waals surface area (Å²) >= 11 is 6.17. The van der Waals surface area contributed by atoms with Gasteiger partial charge in [0.15, 0.2) is 10.9 Å². The van der Waals surface area contributed by atoms with Crippen LogP contribution >= 0.6 is 11.6 Å². The lowest BCUT2D eigenvalue weighted by Gasteiger charge is -2.32. The van der Waals surface area contributed by atoms with Crippen LogP contribution in [0.3, 0.4) is 0 Å². The molecule has 4 nitrogen and oxygen atoms in total. The van der Waals surface area contributed by atoms with E-state index in [0.29, 0.717) is 10.9 Å². The van der Waals surface area contributed by atoms with Gasteiger partial charge in [0.25, 0.3) is 0 Å². The first-order valence-electron chi connectivity index (χ1n) is 6.97. The van der Waals surface area contributed by atoms with Gasteiger partial charge in [-0.1, -0.05) is 11.6 Å². The van der Waals surface area contributed by atoms with Crippen molar-refractivity contribution in [2.24, 2.45) is 0 Å². The number of ether oxygens (including phenoxy) is 1. The summed E-state index contributed by atoms with van der Waals surface area (Å²) in [6, 6.07) is 1.85.